The highest BCUT2D eigenvalue weighted by atomic mass is 32.2. The van der Waals surface area contributed by atoms with Crippen LogP contribution in [0.1, 0.15) is 81.0 Å². The highest BCUT2D eigenvalue weighted by Gasteiger charge is 2.39. The van der Waals surface area contributed by atoms with Gasteiger partial charge in [0.15, 0.2) is 0 Å². The summed E-state index contributed by atoms with van der Waals surface area (Å²) in [6, 6.07) is 33.5. The first kappa shape index (κ1) is 30.0. The number of pyridine rings is 1. The summed E-state index contributed by atoms with van der Waals surface area (Å²) in [6.07, 6.45) is 2.96. The molecule has 4 nitrogen and oxygen atoms in total. The van der Waals surface area contributed by atoms with Crippen molar-refractivity contribution in [3.8, 4) is 5.82 Å². The van der Waals surface area contributed by atoms with Crippen LogP contribution in [0.15, 0.2) is 112 Å². The van der Waals surface area contributed by atoms with Crippen molar-refractivity contribution in [1.29, 1.82) is 0 Å². The molecule has 0 fully saturated rings. The number of nitrogens with zero attached hydrogens (tertiary/aromatic N) is 3. The molecule has 1 aliphatic carbocycles. The average molecular weight is 636 g/mol. The van der Waals surface area contributed by atoms with Crippen LogP contribution in [0.4, 0.5) is 0 Å². The number of aryl methyl sites for hydroxylation is 1. The molecule has 0 amide bonds. The topological polar surface area (TPSA) is 39.4 Å². The minimum absolute atomic E-state index is 0.0229. The van der Waals surface area contributed by atoms with Gasteiger partial charge < -0.3 is 4.74 Å². The Hall–Kier alpha value is -4.35. The molecule has 0 spiro atoms. The van der Waals surface area contributed by atoms with E-state index in [1.165, 1.54) is 53.9 Å². The molecule has 1 aliphatic heterocycles. The number of aliphatic imine (C=N–C) groups is 1. The Labute approximate surface area is 281 Å². The van der Waals surface area contributed by atoms with Crippen LogP contribution in [-0.4, -0.2) is 21.6 Å². The van der Waals surface area contributed by atoms with Crippen LogP contribution in [-0.2, 0) is 22.0 Å². The Morgan fingerprint density at radius 1 is 0.745 bits per heavy atom. The third-order valence-electron chi connectivity index (χ3n) is 9.64. The largest absolute Gasteiger partial charge is 0.471 e. The van der Waals surface area contributed by atoms with Crippen molar-refractivity contribution in [3.05, 3.63) is 131 Å². The third kappa shape index (κ3) is 5.35. The SMILES string of the molecule is Cc1cc(Sc2ccc3c4cc(C(C)(C)C)ccc4n(-c4cc(C(C)(C)C)ccn4)c3c2)cc(C2=N[C@@H]3c4ccccc4C[C@@H]3O2)c1. The van der Waals surface area contributed by atoms with Gasteiger partial charge in [-0.15, -0.1) is 0 Å². The molecule has 8 rings (SSSR count). The van der Waals surface area contributed by atoms with E-state index in [0.29, 0.717) is 0 Å². The standard InChI is InChI=1S/C42H41N3OS/c1-25-18-27(40-44-39-32-11-9-8-10-26(32)21-37(39)46-40)20-31(19-25)47-30-13-14-33-34-22-28(41(2,3)4)12-15-35(34)45(36(33)24-30)38-23-29(16-17-43-38)42(5,6)7/h8-20,22-24,37,39H,21H2,1-7H3/t37-,39+/m0/s1. The van der Waals surface area contributed by atoms with E-state index in [1.807, 2.05) is 6.20 Å². The molecule has 236 valence electrons. The van der Waals surface area contributed by atoms with Crippen LogP contribution in [0.3, 0.4) is 0 Å². The summed E-state index contributed by atoms with van der Waals surface area (Å²) in [6.45, 7) is 15.8. The lowest BCUT2D eigenvalue weighted by molar-refractivity contribution is 0.206. The van der Waals surface area contributed by atoms with Crippen molar-refractivity contribution in [2.45, 2.75) is 87.7 Å². The summed E-state index contributed by atoms with van der Waals surface area (Å²) in [4.78, 5) is 12.4. The molecule has 4 aromatic carbocycles. The van der Waals surface area contributed by atoms with Crippen molar-refractivity contribution in [3.63, 3.8) is 0 Å². The molecular weight excluding hydrogens is 595 g/mol. The van der Waals surface area contributed by atoms with E-state index in [4.69, 9.17) is 14.7 Å². The molecule has 0 N–H and O–H groups in total. The zero-order valence-electron chi connectivity index (χ0n) is 28.3. The van der Waals surface area contributed by atoms with Crippen LogP contribution in [0.2, 0.25) is 0 Å². The van der Waals surface area contributed by atoms with E-state index in [1.54, 1.807) is 11.8 Å². The Kier molecular flexibility index (Phi) is 6.93. The van der Waals surface area contributed by atoms with E-state index in [0.717, 1.165) is 29.2 Å². The monoisotopic (exact) mass is 635 g/mol. The second-order valence-corrected chi connectivity index (χ2v) is 16.4. The van der Waals surface area contributed by atoms with Gasteiger partial charge in [0, 0.05) is 38.7 Å². The number of hydrogen-bond acceptors (Lipinski definition) is 4. The van der Waals surface area contributed by atoms with Gasteiger partial charge in [0.25, 0.3) is 0 Å². The number of ether oxygens (including phenoxy) is 1. The number of aromatic nitrogens is 2. The van der Waals surface area contributed by atoms with Crippen molar-refractivity contribution in [2.24, 2.45) is 4.99 Å². The first-order chi connectivity index (χ1) is 22.4. The fourth-order valence-electron chi connectivity index (χ4n) is 7.09. The van der Waals surface area contributed by atoms with E-state index in [2.05, 4.69) is 144 Å². The quantitative estimate of drug-likeness (QED) is 0.193. The predicted octanol–water partition coefficient (Wildman–Crippen LogP) is 10.7. The van der Waals surface area contributed by atoms with Crippen LogP contribution in [0, 0.1) is 6.92 Å². The summed E-state index contributed by atoms with van der Waals surface area (Å²) >= 11 is 1.78. The number of fused-ring (bicyclic) bond motifs is 6. The molecule has 47 heavy (non-hydrogen) atoms. The summed E-state index contributed by atoms with van der Waals surface area (Å²) in [5.74, 6) is 1.71. The Balaban J connectivity index is 1.21. The zero-order valence-corrected chi connectivity index (χ0v) is 29.1. The third-order valence-corrected chi connectivity index (χ3v) is 10.6. The number of rotatable bonds is 4. The lowest BCUT2D eigenvalue weighted by Crippen LogP contribution is -2.13. The fraction of sp³-hybridized carbons (Fsp3) is 0.286. The summed E-state index contributed by atoms with van der Waals surface area (Å²) in [5, 5.41) is 2.50. The fourth-order valence-corrected chi connectivity index (χ4v) is 8.10. The molecule has 3 heterocycles. The molecule has 0 radical (unpaired) electrons. The Bertz CT molecular complexity index is 2230. The van der Waals surface area contributed by atoms with Gasteiger partial charge in [-0.3, -0.25) is 4.57 Å². The first-order valence-corrected chi connectivity index (χ1v) is 17.4. The minimum Gasteiger partial charge on any atom is -0.471 e. The summed E-state index contributed by atoms with van der Waals surface area (Å²) < 4.78 is 8.81. The van der Waals surface area contributed by atoms with Crippen LogP contribution in [0.5, 0.6) is 0 Å². The van der Waals surface area contributed by atoms with E-state index >= 15 is 0 Å². The molecule has 5 heteroatoms. The molecule has 0 saturated carbocycles. The van der Waals surface area contributed by atoms with Gasteiger partial charge in [-0.05, 0) is 100 Å². The summed E-state index contributed by atoms with van der Waals surface area (Å²) in [7, 11) is 0. The minimum atomic E-state index is 0.0229. The second-order valence-electron chi connectivity index (χ2n) is 15.2. The van der Waals surface area contributed by atoms with Crippen molar-refractivity contribution < 1.29 is 4.74 Å². The lowest BCUT2D eigenvalue weighted by Gasteiger charge is -2.20. The maximum atomic E-state index is 6.47. The predicted molar refractivity (Wildman–Crippen MR) is 196 cm³/mol. The maximum Gasteiger partial charge on any atom is 0.217 e. The molecule has 2 atom stereocenters. The smallest absolute Gasteiger partial charge is 0.217 e. The molecule has 2 aromatic heterocycles. The first-order valence-electron chi connectivity index (χ1n) is 16.6. The van der Waals surface area contributed by atoms with Crippen molar-refractivity contribution in [1.82, 2.24) is 9.55 Å². The number of hydrogen-bond donors (Lipinski definition) is 0. The highest BCUT2D eigenvalue weighted by molar-refractivity contribution is 7.99. The van der Waals surface area contributed by atoms with Crippen molar-refractivity contribution in [2.75, 3.05) is 0 Å². The van der Waals surface area contributed by atoms with Gasteiger partial charge in [-0.1, -0.05) is 89.7 Å². The van der Waals surface area contributed by atoms with E-state index in [-0.39, 0.29) is 23.0 Å². The van der Waals surface area contributed by atoms with Gasteiger partial charge in [0.2, 0.25) is 5.90 Å². The number of benzene rings is 4. The van der Waals surface area contributed by atoms with Crippen LogP contribution in [0.25, 0.3) is 27.6 Å². The maximum absolute atomic E-state index is 6.47. The Morgan fingerprint density at radius 2 is 1.53 bits per heavy atom. The normalized spacial score (nSPS) is 17.6. The molecule has 0 saturated heterocycles. The van der Waals surface area contributed by atoms with Gasteiger partial charge in [0.05, 0.1) is 11.0 Å². The van der Waals surface area contributed by atoms with Crippen molar-refractivity contribution >= 4 is 39.5 Å². The van der Waals surface area contributed by atoms with E-state index < -0.39 is 0 Å². The van der Waals surface area contributed by atoms with E-state index in [9.17, 15) is 0 Å². The van der Waals surface area contributed by atoms with Gasteiger partial charge in [-0.25, -0.2) is 9.98 Å². The van der Waals surface area contributed by atoms with Crippen LogP contribution < -0.4 is 0 Å². The lowest BCUT2D eigenvalue weighted by atomic mass is 9.86. The highest BCUT2D eigenvalue weighted by Crippen LogP contribution is 2.42. The summed E-state index contributed by atoms with van der Waals surface area (Å²) in [5.41, 5.74) is 9.92. The molecule has 6 aromatic rings. The second kappa shape index (κ2) is 10.8. The molecule has 2 aliphatic rings. The Morgan fingerprint density at radius 3 is 2.34 bits per heavy atom. The van der Waals surface area contributed by atoms with Gasteiger partial charge in [0.1, 0.15) is 18.0 Å². The molecular formula is C42H41N3OS. The van der Waals surface area contributed by atoms with Gasteiger partial charge >= 0.3 is 0 Å². The average Bonchev–Trinajstić information content (AvgIpc) is 3.69. The van der Waals surface area contributed by atoms with Gasteiger partial charge in [-0.2, -0.15) is 0 Å². The molecule has 0 unspecified atom stereocenters. The van der Waals surface area contributed by atoms with Crippen LogP contribution >= 0.6 is 11.8 Å². The zero-order chi connectivity index (χ0) is 32.7. The molecule has 0 bridgehead atoms.